The van der Waals surface area contributed by atoms with E-state index >= 15 is 0 Å². The number of benzene rings is 4. The first-order valence-electron chi connectivity index (χ1n) is 27.1. The number of carbonyl (C=O) groups is 2. The highest BCUT2D eigenvalue weighted by Crippen LogP contribution is 2.56. The van der Waals surface area contributed by atoms with Crippen LogP contribution in [0.4, 0.5) is 0 Å². The van der Waals surface area contributed by atoms with Gasteiger partial charge in [0.2, 0.25) is 0 Å². The first kappa shape index (κ1) is 60.4. The molecular weight excluding hydrogens is 1050 g/mol. The quantitative estimate of drug-likeness (QED) is 0.0920. The summed E-state index contributed by atoms with van der Waals surface area (Å²) in [6.45, 7) is 37.1. The Bertz CT molecular complexity index is 2760. The summed E-state index contributed by atoms with van der Waals surface area (Å²) < 4.78 is 28.2. The molecule has 416 valence electrons. The molecule has 0 spiro atoms. The van der Waals surface area contributed by atoms with Crippen molar-refractivity contribution in [1.82, 2.24) is 19.8 Å². The molecule has 1 aliphatic rings. The highest BCUT2D eigenvalue weighted by Gasteiger charge is 2.32. The molecule has 0 fully saturated rings. The molecule has 0 unspecified atom stereocenters. The third kappa shape index (κ3) is 15.1. The predicted molar refractivity (Wildman–Crippen MR) is 321 cm³/mol. The SMILES string of the molecule is CCN(CC)C(=O)COc1c2cc(C(C)(C)C)cc1Sc1cc(C(C)(C)C)cc(c1OCc1ccccn1)Sc1cc(C(C)(C)C)cc(c1OCC(=O)N(CC)CC)Sc1cc(C(C)(C)C)cc(c1OCc1ccccn1)S2. The number of rotatable bonds is 16. The van der Waals surface area contributed by atoms with Gasteiger partial charge in [0.05, 0.1) is 50.6 Å². The lowest BCUT2D eigenvalue weighted by molar-refractivity contribution is -0.133. The first-order chi connectivity index (χ1) is 36.8. The van der Waals surface area contributed by atoms with Gasteiger partial charge in [-0.25, -0.2) is 0 Å². The molecule has 0 aliphatic carbocycles. The fraction of sp³-hybridized carbons (Fsp3) is 0.438. The van der Waals surface area contributed by atoms with Gasteiger partial charge in [-0.3, -0.25) is 19.6 Å². The number of hydrogen-bond acceptors (Lipinski definition) is 12. The average Bonchev–Trinajstić information content (AvgIpc) is 3.50. The lowest BCUT2D eigenvalue weighted by Crippen LogP contribution is -2.34. The van der Waals surface area contributed by atoms with E-state index in [1.807, 2.05) is 64.1 Å². The van der Waals surface area contributed by atoms with Crippen LogP contribution < -0.4 is 18.9 Å². The molecular formula is C64H80N4O6S4. The number of nitrogens with zero attached hydrogens (tertiary/aromatic N) is 4. The Kier molecular flexibility index (Phi) is 19.7. The molecule has 14 heteroatoms. The van der Waals surface area contributed by atoms with Crippen molar-refractivity contribution in [3.63, 3.8) is 0 Å². The Labute approximate surface area is 482 Å². The smallest absolute Gasteiger partial charge is 0.260 e. The van der Waals surface area contributed by atoms with E-state index in [0.29, 0.717) is 49.2 Å². The van der Waals surface area contributed by atoms with Gasteiger partial charge >= 0.3 is 0 Å². The summed E-state index contributed by atoms with van der Waals surface area (Å²) in [5, 5.41) is 0. The third-order valence-corrected chi connectivity index (χ3v) is 17.7. The van der Waals surface area contributed by atoms with E-state index in [1.165, 1.54) is 0 Å². The number of fused-ring (bicyclic) bond motifs is 8. The van der Waals surface area contributed by atoms with Gasteiger partial charge in [0, 0.05) is 38.6 Å². The standard InChI is InChI=1S/C64H80N4O6S4/c1-17-67(18-2)55(69)39-73-59-51-33-43(63(11,12)13)34-52(59)76-48-30-42(62(8,9)10)32-50(58(48)72-38-46-26-22-24-28-66-46)78-54-36-44(64(14,15)16)35-53(60(54)74-40-56(70)68(19-3)20-4)77-49-31-41(61(5,6)7)29-47(75-51)57(49)71-37-45-25-21-23-27-65-45/h21-36H,17-20,37-40H2,1-16H3. The van der Waals surface area contributed by atoms with Gasteiger partial charge in [0.15, 0.2) is 13.2 Å². The van der Waals surface area contributed by atoms with Gasteiger partial charge in [-0.15, -0.1) is 0 Å². The summed E-state index contributed by atoms with van der Waals surface area (Å²) in [7, 11) is 0. The highest BCUT2D eigenvalue weighted by atomic mass is 32.2. The maximum Gasteiger partial charge on any atom is 0.260 e. The lowest BCUT2D eigenvalue weighted by atomic mass is 9.87. The summed E-state index contributed by atoms with van der Waals surface area (Å²) in [6.07, 6.45) is 3.57. The van der Waals surface area contributed by atoms with Crippen LogP contribution in [0.5, 0.6) is 23.0 Å². The maximum atomic E-state index is 14.0. The molecule has 78 heavy (non-hydrogen) atoms. The fourth-order valence-electron chi connectivity index (χ4n) is 8.55. The summed E-state index contributed by atoms with van der Waals surface area (Å²) in [6, 6.07) is 29.5. The van der Waals surface area contributed by atoms with Crippen LogP contribution in [0.2, 0.25) is 0 Å². The number of amides is 2. The zero-order chi connectivity index (χ0) is 56.7. The van der Waals surface area contributed by atoms with E-state index in [-0.39, 0.29) is 59.9 Å². The lowest BCUT2D eigenvalue weighted by Gasteiger charge is -2.28. The van der Waals surface area contributed by atoms with Crippen LogP contribution in [0.3, 0.4) is 0 Å². The van der Waals surface area contributed by atoms with Crippen LogP contribution in [0.25, 0.3) is 0 Å². The summed E-state index contributed by atoms with van der Waals surface area (Å²) >= 11 is 6.31. The van der Waals surface area contributed by atoms with Crippen molar-refractivity contribution in [3.05, 3.63) is 131 Å². The zero-order valence-corrected chi connectivity index (χ0v) is 52.0. The minimum Gasteiger partial charge on any atom is -0.485 e. The second kappa shape index (κ2) is 25.4. The summed E-state index contributed by atoms with van der Waals surface area (Å²) in [5.74, 6) is 2.33. The Hall–Kier alpha value is -5.28. The molecule has 2 aromatic heterocycles. The molecule has 10 nitrogen and oxygen atoms in total. The normalized spacial score (nSPS) is 12.9. The number of pyridine rings is 2. The Balaban J connectivity index is 1.64. The van der Waals surface area contributed by atoms with Crippen LogP contribution in [-0.2, 0) is 44.5 Å². The predicted octanol–water partition coefficient (Wildman–Crippen LogP) is 16.2. The van der Waals surface area contributed by atoms with Crippen molar-refractivity contribution in [1.29, 1.82) is 0 Å². The van der Waals surface area contributed by atoms with Crippen molar-refractivity contribution in [2.24, 2.45) is 0 Å². The molecule has 0 saturated heterocycles. The van der Waals surface area contributed by atoms with E-state index in [4.69, 9.17) is 18.9 Å². The number of carbonyl (C=O) groups excluding carboxylic acids is 2. The number of aromatic nitrogens is 2. The highest BCUT2D eigenvalue weighted by molar-refractivity contribution is 8.01. The molecule has 6 aromatic rings. The Morgan fingerprint density at radius 3 is 0.846 bits per heavy atom. The number of hydrogen-bond donors (Lipinski definition) is 0. The van der Waals surface area contributed by atoms with E-state index in [0.717, 1.165) is 72.8 Å². The van der Waals surface area contributed by atoms with Crippen LogP contribution in [0.15, 0.2) is 136 Å². The first-order valence-corrected chi connectivity index (χ1v) is 30.4. The van der Waals surface area contributed by atoms with Crippen LogP contribution >= 0.6 is 47.0 Å². The van der Waals surface area contributed by atoms with Crippen molar-refractivity contribution in [2.45, 2.75) is 185 Å². The molecule has 7 rings (SSSR count). The number of ether oxygens (including phenoxy) is 4. The van der Waals surface area contributed by atoms with Gasteiger partial charge in [0.1, 0.15) is 36.2 Å². The van der Waals surface area contributed by atoms with E-state index in [9.17, 15) is 9.59 Å². The van der Waals surface area contributed by atoms with Gasteiger partial charge in [-0.05, 0) is 144 Å². The minimum absolute atomic E-state index is 0.0953. The second-order valence-corrected chi connectivity index (χ2v) is 27.9. The van der Waals surface area contributed by atoms with Crippen molar-refractivity contribution in [3.8, 4) is 23.0 Å². The molecule has 3 heterocycles. The van der Waals surface area contributed by atoms with Gasteiger partial charge in [-0.2, -0.15) is 0 Å². The van der Waals surface area contributed by atoms with Crippen LogP contribution in [0.1, 0.15) is 144 Å². The van der Waals surface area contributed by atoms with E-state index in [1.54, 1.807) is 69.2 Å². The molecule has 8 bridgehead atoms. The van der Waals surface area contributed by atoms with Crippen LogP contribution in [-0.4, -0.2) is 71.0 Å². The molecule has 4 aromatic carbocycles. The monoisotopic (exact) mass is 1130 g/mol. The van der Waals surface area contributed by atoms with Gasteiger partial charge in [0.25, 0.3) is 11.8 Å². The van der Waals surface area contributed by atoms with E-state index < -0.39 is 0 Å². The van der Waals surface area contributed by atoms with Gasteiger partial charge in [-0.1, -0.05) is 142 Å². The van der Waals surface area contributed by atoms with Crippen molar-refractivity contribution in [2.75, 3.05) is 39.4 Å². The fourth-order valence-corrected chi connectivity index (χ4v) is 13.3. The largest absolute Gasteiger partial charge is 0.485 e. The third-order valence-electron chi connectivity index (χ3n) is 13.5. The molecule has 0 saturated carbocycles. The van der Waals surface area contributed by atoms with E-state index in [2.05, 4.69) is 142 Å². The molecule has 0 N–H and O–H groups in total. The summed E-state index contributed by atoms with van der Waals surface area (Å²) in [4.78, 5) is 47.9. The topological polar surface area (TPSA) is 103 Å². The van der Waals surface area contributed by atoms with Crippen molar-refractivity contribution >= 4 is 58.9 Å². The molecule has 0 atom stereocenters. The Morgan fingerprint density at radius 1 is 0.397 bits per heavy atom. The Morgan fingerprint density at radius 2 is 0.641 bits per heavy atom. The minimum atomic E-state index is -0.295. The summed E-state index contributed by atoms with van der Waals surface area (Å²) in [5.41, 5.74) is 4.77. The molecule has 1 aliphatic heterocycles. The maximum absolute atomic E-state index is 14.0. The zero-order valence-electron chi connectivity index (χ0n) is 48.8. The molecule has 0 radical (unpaired) electrons. The number of likely N-dealkylation sites (N-methyl/N-ethyl adjacent to an activating group) is 2. The average molecular weight is 1130 g/mol. The second-order valence-electron chi connectivity index (χ2n) is 23.5. The van der Waals surface area contributed by atoms with Crippen LogP contribution in [0, 0.1) is 0 Å². The molecule has 2 amide bonds. The van der Waals surface area contributed by atoms with Crippen molar-refractivity contribution < 1.29 is 28.5 Å². The van der Waals surface area contributed by atoms with Gasteiger partial charge < -0.3 is 28.7 Å².